The fourth-order valence-corrected chi connectivity index (χ4v) is 3.61. The van der Waals surface area contributed by atoms with Gasteiger partial charge in [-0.05, 0) is 62.2 Å². The van der Waals surface area contributed by atoms with Crippen molar-refractivity contribution in [1.29, 1.82) is 0 Å². The SMILES string of the molecule is COCCCN1C(=O)C(=O)/C(=C(/O)c2ccc(OC(C)C)cc2)C1c1ccc(O)cc1. The Labute approximate surface area is 181 Å². The number of ketones is 1. The zero-order valence-corrected chi connectivity index (χ0v) is 17.9. The lowest BCUT2D eigenvalue weighted by molar-refractivity contribution is -0.140. The second-order valence-electron chi connectivity index (χ2n) is 7.62. The summed E-state index contributed by atoms with van der Waals surface area (Å²) < 4.78 is 10.7. The van der Waals surface area contributed by atoms with E-state index in [2.05, 4.69) is 0 Å². The number of benzene rings is 2. The molecule has 31 heavy (non-hydrogen) atoms. The Morgan fingerprint density at radius 3 is 2.29 bits per heavy atom. The first-order valence-corrected chi connectivity index (χ1v) is 10.2. The maximum absolute atomic E-state index is 12.9. The van der Waals surface area contributed by atoms with E-state index in [4.69, 9.17) is 9.47 Å². The Hall–Kier alpha value is -3.32. The van der Waals surface area contributed by atoms with Gasteiger partial charge in [-0.1, -0.05) is 12.1 Å². The number of amides is 1. The molecule has 2 aromatic rings. The monoisotopic (exact) mass is 425 g/mol. The van der Waals surface area contributed by atoms with Crippen molar-refractivity contribution in [2.24, 2.45) is 0 Å². The highest BCUT2D eigenvalue weighted by molar-refractivity contribution is 6.46. The van der Waals surface area contributed by atoms with E-state index in [1.807, 2.05) is 13.8 Å². The van der Waals surface area contributed by atoms with Gasteiger partial charge in [0.2, 0.25) is 0 Å². The molecule has 2 aromatic carbocycles. The molecule has 1 fully saturated rings. The maximum Gasteiger partial charge on any atom is 0.295 e. The average molecular weight is 425 g/mol. The average Bonchev–Trinajstić information content (AvgIpc) is 2.99. The minimum absolute atomic E-state index is 0.00590. The van der Waals surface area contributed by atoms with Gasteiger partial charge in [0.15, 0.2) is 0 Å². The largest absolute Gasteiger partial charge is 0.508 e. The van der Waals surface area contributed by atoms with Gasteiger partial charge in [0.25, 0.3) is 11.7 Å². The zero-order valence-electron chi connectivity index (χ0n) is 17.9. The third-order valence-corrected chi connectivity index (χ3v) is 5.00. The summed E-state index contributed by atoms with van der Waals surface area (Å²) in [5, 5.41) is 20.7. The lowest BCUT2D eigenvalue weighted by atomic mass is 9.95. The van der Waals surface area contributed by atoms with Gasteiger partial charge >= 0.3 is 0 Å². The van der Waals surface area contributed by atoms with Gasteiger partial charge in [-0.2, -0.15) is 0 Å². The molecule has 0 aromatic heterocycles. The van der Waals surface area contributed by atoms with Crippen LogP contribution in [0.1, 0.15) is 37.4 Å². The highest BCUT2D eigenvalue weighted by atomic mass is 16.5. The van der Waals surface area contributed by atoms with Crippen LogP contribution in [-0.4, -0.2) is 53.2 Å². The number of carbonyl (C=O) groups excluding carboxylic acids is 2. The fraction of sp³-hybridized carbons (Fsp3) is 0.333. The number of hydrogen-bond donors (Lipinski definition) is 2. The number of nitrogens with zero attached hydrogens (tertiary/aromatic N) is 1. The van der Waals surface area contributed by atoms with Gasteiger partial charge in [-0.25, -0.2) is 0 Å². The molecule has 1 saturated heterocycles. The molecular weight excluding hydrogens is 398 g/mol. The molecule has 1 amide bonds. The van der Waals surface area contributed by atoms with Gasteiger partial charge in [0.05, 0.1) is 17.7 Å². The lowest BCUT2D eigenvalue weighted by Gasteiger charge is -2.25. The molecule has 0 radical (unpaired) electrons. The molecule has 1 aliphatic rings. The number of likely N-dealkylation sites (tertiary alicyclic amines) is 1. The van der Waals surface area contributed by atoms with E-state index in [9.17, 15) is 19.8 Å². The van der Waals surface area contributed by atoms with E-state index in [0.29, 0.717) is 36.4 Å². The number of Topliss-reactive ketones (excluding diaryl/α,β-unsaturated/α-hetero) is 1. The summed E-state index contributed by atoms with van der Waals surface area (Å²) in [6.07, 6.45) is 0.547. The number of phenols is 1. The van der Waals surface area contributed by atoms with Crippen molar-refractivity contribution < 1.29 is 29.3 Å². The topological polar surface area (TPSA) is 96.3 Å². The molecule has 1 unspecified atom stereocenters. The molecule has 1 aliphatic heterocycles. The van der Waals surface area contributed by atoms with E-state index < -0.39 is 17.7 Å². The van der Waals surface area contributed by atoms with E-state index in [1.54, 1.807) is 43.5 Å². The van der Waals surface area contributed by atoms with Crippen LogP contribution in [0.4, 0.5) is 0 Å². The van der Waals surface area contributed by atoms with Crippen molar-refractivity contribution in [2.75, 3.05) is 20.3 Å². The standard InChI is InChI=1S/C24H27NO6/c1-15(2)31-19-11-7-17(8-12-19)22(27)20-21(16-5-9-18(26)10-6-16)25(13-4-14-30-3)24(29)23(20)28/h5-12,15,21,26-27H,4,13-14H2,1-3H3/b22-20+. The molecule has 1 heterocycles. The Balaban J connectivity index is 2.04. The van der Waals surface area contributed by atoms with Crippen LogP contribution >= 0.6 is 0 Å². The van der Waals surface area contributed by atoms with Crippen LogP contribution in [0.2, 0.25) is 0 Å². The minimum Gasteiger partial charge on any atom is -0.508 e. The quantitative estimate of drug-likeness (QED) is 0.290. The summed E-state index contributed by atoms with van der Waals surface area (Å²) in [6, 6.07) is 12.2. The normalized spacial score (nSPS) is 18.1. The number of hydrogen-bond acceptors (Lipinski definition) is 6. The van der Waals surface area contributed by atoms with Crippen molar-refractivity contribution in [2.45, 2.75) is 32.4 Å². The molecule has 164 valence electrons. The van der Waals surface area contributed by atoms with Crippen molar-refractivity contribution in [3.63, 3.8) is 0 Å². The van der Waals surface area contributed by atoms with Crippen molar-refractivity contribution >= 4 is 17.4 Å². The highest BCUT2D eigenvalue weighted by Crippen LogP contribution is 2.40. The zero-order chi connectivity index (χ0) is 22.5. The molecule has 1 atom stereocenters. The number of aromatic hydroxyl groups is 1. The predicted molar refractivity (Wildman–Crippen MR) is 116 cm³/mol. The van der Waals surface area contributed by atoms with E-state index in [-0.39, 0.29) is 23.2 Å². The van der Waals surface area contributed by atoms with E-state index in [0.717, 1.165) is 0 Å². The first-order valence-electron chi connectivity index (χ1n) is 10.2. The van der Waals surface area contributed by atoms with Gasteiger partial charge in [0, 0.05) is 25.8 Å². The summed E-state index contributed by atoms with van der Waals surface area (Å²) in [4.78, 5) is 27.1. The van der Waals surface area contributed by atoms with Crippen LogP contribution in [0.5, 0.6) is 11.5 Å². The highest BCUT2D eigenvalue weighted by Gasteiger charge is 2.45. The number of aliphatic hydroxyl groups excluding tert-OH is 1. The third kappa shape index (κ3) is 4.88. The van der Waals surface area contributed by atoms with Crippen LogP contribution in [0.3, 0.4) is 0 Å². The van der Waals surface area contributed by atoms with Crippen LogP contribution in [0.15, 0.2) is 54.1 Å². The molecule has 7 nitrogen and oxygen atoms in total. The number of phenolic OH excluding ortho intramolecular Hbond substituents is 1. The van der Waals surface area contributed by atoms with Crippen LogP contribution < -0.4 is 4.74 Å². The number of methoxy groups -OCH3 is 1. The molecule has 0 bridgehead atoms. The second-order valence-corrected chi connectivity index (χ2v) is 7.62. The van der Waals surface area contributed by atoms with E-state index >= 15 is 0 Å². The van der Waals surface area contributed by atoms with Gasteiger partial charge < -0.3 is 24.6 Å². The smallest absolute Gasteiger partial charge is 0.295 e. The first kappa shape index (κ1) is 22.4. The van der Waals surface area contributed by atoms with Crippen LogP contribution in [-0.2, 0) is 14.3 Å². The summed E-state index contributed by atoms with van der Waals surface area (Å²) >= 11 is 0. The van der Waals surface area contributed by atoms with Gasteiger partial charge in [-0.15, -0.1) is 0 Å². The van der Waals surface area contributed by atoms with Crippen LogP contribution in [0, 0.1) is 0 Å². The summed E-state index contributed by atoms with van der Waals surface area (Å²) in [7, 11) is 1.57. The van der Waals surface area contributed by atoms with Gasteiger partial charge in [0.1, 0.15) is 17.3 Å². The van der Waals surface area contributed by atoms with Crippen LogP contribution in [0.25, 0.3) is 5.76 Å². The summed E-state index contributed by atoms with van der Waals surface area (Å²) in [6.45, 7) is 4.55. The number of carbonyl (C=O) groups is 2. The second kappa shape index (κ2) is 9.66. The molecule has 7 heteroatoms. The molecule has 0 saturated carbocycles. The molecule has 0 spiro atoms. The van der Waals surface area contributed by atoms with E-state index in [1.165, 1.54) is 17.0 Å². The third-order valence-electron chi connectivity index (χ3n) is 5.00. The molecular formula is C24H27NO6. The Bertz CT molecular complexity index is 963. The number of ether oxygens (including phenoxy) is 2. The fourth-order valence-electron chi connectivity index (χ4n) is 3.61. The van der Waals surface area contributed by atoms with Crippen molar-refractivity contribution in [1.82, 2.24) is 4.90 Å². The molecule has 3 rings (SSSR count). The first-order chi connectivity index (χ1) is 14.8. The summed E-state index contributed by atoms with van der Waals surface area (Å²) in [5.74, 6) is -0.949. The number of aliphatic hydroxyl groups is 1. The summed E-state index contributed by atoms with van der Waals surface area (Å²) in [5.41, 5.74) is 1.05. The van der Waals surface area contributed by atoms with Crippen molar-refractivity contribution in [3.8, 4) is 11.5 Å². The Morgan fingerprint density at radius 2 is 1.71 bits per heavy atom. The lowest BCUT2D eigenvalue weighted by Crippen LogP contribution is -2.31. The Kier molecular flexibility index (Phi) is 6.97. The predicted octanol–water partition coefficient (Wildman–Crippen LogP) is 3.64. The molecule has 2 N–H and O–H groups in total. The Morgan fingerprint density at radius 1 is 1.06 bits per heavy atom. The maximum atomic E-state index is 12.9. The minimum atomic E-state index is -0.760. The number of rotatable bonds is 8. The molecule has 0 aliphatic carbocycles. The van der Waals surface area contributed by atoms with Gasteiger partial charge in [-0.3, -0.25) is 9.59 Å². The van der Waals surface area contributed by atoms with Crippen molar-refractivity contribution in [3.05, 3.63) is 65.2 Å².